The SMILES string of the molecule is O=C(O)/C=C/CCCCCCCO.[NaH]. The number of allylic oxidation sites excluding steroid dienone is 1. The molecule has 0 atom stereocenters. The van der Waals surface area contributed by atoms with Crippen molar-refractivity contribution in [2.45, 2.75) is 38.5 Å². The third-order valence-electron chi connectivity index (χ3n) is 1.79. The van der Waals surface area contributed by atoms with Gasteiger partial charge in [0.05, 0.1) is 0 Å². The van der Waals surface area contributed by atoms with Gasteiger partial charge in [-0.1, -0.05) is 25.3 Å². The number of unbranched alkanes of at least 4 members (excludes halogenated alkanes) is 5. The molecule has 3 nitrogen and oxygen atoms in total. The van der Waals surface area contributed by atoms with Crippen LogP contribution in [0.25, 0.3) is 0 Å². The van der Waals surface area contributed by atoms with Crippen LogP contribution >= 0.6 is 0 Å². The molecular formula is C10H19NaO3. The summed E-state index contributed by atoms with van der Waals surface area (Å²) in [5.41, 5.74) is 0. The summed E-state index contributed by atoms with van der Waals surface area (Å²) in [7, 11) is 0. The number of aliphatic hydroxyl groups is 1. The second-order valence-corrected chi connectivity index (χ2v) is 3.02. The van der Waals surface area contributed by atoms with Crippen molar-refractivity contribution in [3.05, 3.63) is 12.2 Å². The van der Waals surface area contributed by atoms with E-state index in [1.165, 1.54) is 6.08 Å². The zero-order valence-corrected chi connectivity index (χ0v) is 7.91. The Kier molecular flexibility index (Phi) is 15.6. The number of rotatable bonds is 8. The summed E-state index contributed by atoms with van der Waals surface area (Å²) in [4.78, 5) is 10.1. The number of hydrogen-bond donors (Lipinski definition) is 2. The van der Waals surface area contributed by atoms with Crippen molar-refractivity contribution in [1.29, 1.82) is 0 Å². The van der Waals surface area contributed by atoms with E-state index in [1.807, 2.05) is 0 Å². The van der Waals surface area contributed by atoms with Gasteiger partial charge in [0.25, 0.3) is 0 Å². The molecule has 0 saturated carbocycles. The molecule has 2 N–H and O–H groups in total. The van der Waals surface area contributed by atoms with Crippen molar-refractivity contribution in [3.8, 4) is 0 Å². The predicted octanol–water partition coefficient (Wildman–Crippen LogP) is 1.31. The standard InChI is InChI=1S/C10H18O3.Na.H/c11-9-7-5-3-1-2-4-6-8-10(12)13;;/h6,8,11H,1-5,7,9H2,(H,12,13);;/b8-6+;;. The number of hydrogen-bond acceptors (Lipinski definition) is 2. The Labute approximate surface area is 107 Å². The van der Waals surface area contributed by atoms with Crippen LogP contribution in [-0.4, -0.2) is 52.3 Å². The van der Waals surface area contributed by atoms with E-state index in [2.05, 4.69) is 0 Å². The van der Waals surface area contributed by atoms with Crippen LogP contribution in [0.2, 0.25) is 0 Å². The molecule has 4 heteroatoms. The Morgan fingerprint density at radius 1 is 1.07 bits per heavy atom. The van der Waals surface area contributed by atoms with Crippen molar-refractivity contribution in [2.75, 3.05) is 6.61 Å². The topological polar surface area (TPSA) is 57.5 Å². The van der Waals surface area contributed by atoms with Crippen molar-refractivity contribution >= 4 is 35.5 Å². The Morgan fingerprint density at radius 3 is 2.21 bits per heavy atom. The fraction of sp³-hybridized carbons (Fsp3) is 0.700. The molecule has 78 valence electrons. The quantitative estimate of drug-likeness (QED) is 0.361. The van der Waals surface area contributed by atoms with Crippen molar-refractivity contribution in [2.24, 2.45) is 0 Å². The van der Waals surface area contributed by atoms with Crippen LogP contribution in [0.1, 0.15) is 38.5 Å². The molecule has 0 fully saturated rings. The second-order valence-electron chi connectivity index (χ2n) is 3.02. The van der Waals surface area contributed by atoms with Crippen molar-refractivity contribution < 1.29 is 15.0 Å². The first kappa shape index (κ1) is 16.6. The summed E-state index contributed by atoms with van der Waals surface area (Å²) in [6, 6.07) is 0. The second kappa shape index (κ2) is 13.2. The average Bonchev–Trinajstić information content (AvgIpc) is 2.09. The Balaban J connectivity index is 0. The van der Waals surface area contributed by atoms with Crippen molar-refractivity contribution in [3.63, 3.8) is 0 Å². The van der Waals surface area contributed by atoms with Gasteiger partial charge in [0.2, 0.25) is 0 Å². The summed E-state index contributed by atoms with van der Waals surface area (Å²) in [5, 5.41) is 16.8. The zero-order chi connectivity index (χ0) is 9.94. The number of carbonyl (C=O) groups is 1. The monoisotopic (exact) mass is 210 g/mol. The van der Waals surface area contributed by atoms with Gasteiger partial charge in [-0.25, -0.2) is 4.79 Å². The van der Waals surface area contributed by atoms with Crippen LogP contribution < -0.4 is 0 Å². The van der Waals surface area contributed by atoms with E-state index in [4.69, 9.17) is 10.2 Å². The van der Waals surface area contributed by atoms with Gasteiger partial charge in [-0.15, -0.1) is 0 Å². The molecule has 0 aliphatic rings. The molecule has 0 aromatic carbocycles. The van der Waals surface area contributed by atoms with E-state index in [0.29, 0.717) is 0 Å². The Bertz CT molecular complexity index is 157. The molecule has 0 aromatic heterocycles. The van der Waals surface area contributed by atoms with E-state index < -0.39 is 5.97 Å². The van der Waals surface area contributed by atoms with Crippen LogP contribution in [0, 0.1) is 0 Å². The third kappa shape index (κ3) is 14.7. The molecule has 0 spiro atoms. The summed E-state index contributed by atoms with van der Waals surface area (Å²) in [5.74, 6) is -0.875. The van der Waals surface area contributed by atoms with Gasteiger partial charge in [0.1, 0.15) is 0 Å². The predicted molar refractivity (Wildman–Crippen MR) is 58.7 cm³/mol. The Morgan fingerprint density at radius 2 is 1.64 bits per heavy atom. The molecule has 0 saturated heterocycles. The first-order chi connectivity index (χ1) is 6.27. The van der Waals surface area contributed by atoms with Crippen LogP contribution in [0.15, 0.2) is 12.2 Å². The molecule has 14 heavy (non-hydrogen) atoms. The van der Waals surface area contributed by atoms with E-state index in [1.54, 1.807) is 6.08 Å². The molecular weight excluding hydrogens is 191 g/mol. The molecule has 0 bridgehead atoms. The number of aliphatic carboxylic acids is 1. The summed E-state index contributed by atoms with van der Waals surface area (Å²) < 4.78 is 0. The molecule has 0 unspecified atom stereocenters. The molecule has 0 aliphatic heterocycles. The molecule has 0 heterocycles. The average molecular weight is 210 g/mol. The van der Waals surface area contributed by atoms with Gasteiger partial charge in [-0.2, -0.15) is 0 Å². The molecule has 0 aliphatic carbocycles. The van der Waals surface area contributed by atoms with Crippen LogP contribution in [-0.2, 0) is 4.79 Å². The van der Waals surface area contributed by atoms with E-state index >= 15 is 0 Å². The number of carboxylic acid groups (broad SMARTS) is 1. The van der Waals surface area contributed by atoms with E-state index in [0.717, 1.165) is 38.5 Å². The summed E-state index contributed by atoms with van der Waals surface area (Å²) in [6.45, 7) is 0.277. The molecule has 0 aromatic rings. The number of carboxylic acids is 1. The fourth-order valence-corrected chi connectivity index (χ4v) is 1.09. The minimum absolute atomic E-state index is 0. The maximum absolute atomic E-state index is 10.1. The first-order valence-corrected chi connectivity index (χ1v) is 4.77. The number of aliphatic hydroxyl groups excluding tert-OH is 1. The van der Waals surface area contributed by atoms with E-state index in [9.17, 15) is 4.79 Å². The third-order valence-corrected chi connectivity index (χ3v) is 1.79. The van der Waals surface area contributed by atoms with Crippen molar-refractivity contribution in [1.82, 2.24) is 0 Å². The van der Waals surface area contributed by atoms with Gasteiger partial charge >= 0.3 is 35.5 Å². The van der Waals surface area contributed by atoms with Gasteiger partial charge in [-0.05, 0) is 19.3 Å². The minimum atomic E-state index is -0.875. The first-order valence-electron chi connectivity index (χ1n) is 4.77. The normalized spacial score (nSPS) is 10.1. The van der Waals surface area contributed by atoms with Crippen LogP contribution in [0.4, 0.5) is 0 Å². The van der Waals surface area contributed by atoms with Gasteiger partial charge in [-0.3, -0.25) is 0 Å². The zero-order valence-electron chi connectivity index (χ0n) is 7.91. The molecule has 0 rings (SSSR count). The molecule has 0 radical (unpaired) electrons. The Hall–Kier alpha value is 0.170. The van der Waals surface area contributed by atoms with Crippen LogP contribution in [0.5, 0.6) is 0 Å². The summed E-state index contributed by atoms with van der Waals surface area (Å²) >= 11 is 0. The summed E-state index contributed by atoms with van der Waals surface area (Å²) in [6.07, 6.45) is 8.94. The molecule has 0 amide bonds. The van der Waals surface area contributed by atoms with Crippen LogP contribution in [0.3, 0.4) is 0 Å². The van der Waals surface area contributed by atoms with Gasteiger partial charge < -0.3 is 10.2 Å². The fourth-order valence-electron chi connectivity index (χ4n) is 1.09. The van der Waals surface area contributed by atoms with Gasteiger partial charge in [0, 0.05) is 12.7 Å². The maximum atomic E-state index is 10.1. The van der Waals surface area contributed by atoms with Gasteiger partial charge in [0.15, 0.2) is 0 Å². The van der Waals surface area contributed by atoms with E-state index in [-0.39, 0.29) is 36.2 Å².